The van der Waals surface area contributed by atoms with Crippen LogP contribution in [0.2, 0.25) is 0 Å². The molecule has 0 radical (unpaired) electrons. The van der Waals surface area contributed by atoms with E-state index in [2.05, 4.69) is 15.4 Å². The van der Waals surface area contributed by atoms with Crippen LogP contribution in [-0.2, 0) is 14.3 Å². The highest BCUT2D eigenvalue weighted by Crippen LogP contribution is 2.03. The van der Waals surface area contributed by atoms with Crippen LogP contribution in [0.5, 0.6) is 0 Å². The number of urea groups is 1. The number of hydrogen-bond acceptors (Lipinski definition) is 4. The van der Waals surface area contributed by atoms with E-state index in [4.69, 9.17) is 5.11 Å². The van der Waals surface area contributed by atoms with Crippen molar-refractivity contribution in [1.29, 1.82) is 0 Å². The van der Waals surface area contributed by atoms with E-state index in [0.29, 0.717) is 19.4 Å². The molecule has 7 nitrogen and oxygen atoms in total. The second kappa shape index (κ2) is 10.1. The molecule has 0 spiro atoms. The molecule has 0 aliphatic carbocycles. The normalized spacial score (nSPS) is 11.8. The molecule has 116 valence electrons. The van der Waals surface area contributed by atoms with Crippen molar-refractivity contribution in [3.63, 3.8) is 0 Å². The lowest BCUT2D eigenvalue weighted by atomic mass is 10.1. The highest BCUT2D eigenvalue weighted by atomic mass is 16.5. The lowest BCUT2D eigenvalue weighted by molar-refractivity contribution is -0.144. The number of carbonyl (C=O) groups excluding carboxylic acids is 2. The number of esters is 1. The molecule has 3 N–H and O–H groups in total. The van der Waals surface area contributed by atoms with Crippen molar-refractivity contribution in [3.05, 3.63) is 0 Å². The van der Waals surface area contributed by atoms with Gasteiger partial charge in [0.15, 0.2) is 0 Å². The number of carbonyl (C=O) groups is 3. The third-order valence-electron chi connectivity index (χ3n) is 2.76. The zero-order chi connectivity index (χ0) is 15.5. The summed E-state index contributed by atoms with van der Waals surface area (Å²) >= 11 is 0. The number of hydrogen-bond donors (Lipinski definition) is 3. The van der Waals surface area contributed by atoms with E-state index < -0.39 is 24.0 Å². The number of nitrogens with one attached hydrogen (secondary N) is 2. The molecular formula is C13H24N2O5. The first-order valence-electron chi connectivity index (χ1n) is 6.72. The van der Waals surface area contributed by atoms with E-state index in [0.717, 1.165) is 6.42 Å². The zero-order valence-corrected chi connectivity index (χ0v) is 12.3. The summed E-state index contributed by atoms with van der Waals surface area (Å²) in [6.45, 7) is 4.07. The molecule has 0 rings (SSSR count). The summed E-state index contributed by atoms with van der Waals surface area (Å²) < 4.78 is 4.62. The summed E-state index contributed by atoms with van der Waals surface area (Å²) in [5, 5.41) is 13.6. The van der Waals surface area contributed by atoms with E-state index in [9.17, 15) is 14.4 Å². The second-order valence-corrected chi connectivity index (χ2v) is 4.85. The maximum absolute atomic E-state index is 11.6. The Balaban J connectivity index is 3.86. The Morgan fingerprint density at radius 1 is 1.15 bits per heavy atom. The van der Waals surface area contributed by atoms with Crippen LogP contribution in [0.25, 0.3) is 0 Å². The molecular weight excluding hydrogens is 264 g/mol. The average molecular weight is 288 g/mol. The first-order chi connectivity index (χ1) is 9.38. The zero-order valence-electron chi connectivity index (χ0n) is 12.3. The fourth-order valence-corrected chi connectivity index (χ4v) is 1.60. The van der Waals surface area contributed by atoms with Gasteiger partial charge in [-0.05, 0) is 18.8 Å². The lowest BCUT2D eigenvalue weighted by Gasteiger charge is -2.20. The van der Waals surface area contributed by atoms with Crippen molar-refractivity contribution in [2.45, 2.75) is 45.6 Å². The van der Waals surface area contributed by atoms with Gasteiger partial charge in [0, 0.05) is 13.0 Å². The molecule has 1 atom stereocenters. The molecule has 1 unspecified atom stereocenters. The quantitative estimate of drug-likeness (QED) is 0.436. The van der Waals surface area contributed by atoms with Crippen molar-refractivity contribution < 1.29 is 24.2 Å². The average Bonchev–Trinajstić information content (AvgIpc) is 2.38. The van der Waals surface area contributed by atoms with Crippen molar-refractivity contribution in [3.8, 4) is 0 Å². The number of methoxy groups -OCH3 is 1. The molecule has 0 aromatic carbocycles. The first kappa shape index (κ1) is 18.2. The summed E-state index contributed by atoms with van der Waals surface area (Å²) in [6, 6.07) is -1.10. The monoisotopic (exact) mass is 288 g/mol. The van der Waals surface area contributed by atoms with Gasteiger partial charge in [0.05, 0.1) is 7.11 Å². The molecule has 0 aromatic rings. The van der Waals surface area contributed by atoms with Crippen LogP contribution >= 0.6 is 0 Å². The van der Waals surface area contributed by atoms with Crippen LogP contribution in [0.3, 0.4) is 0 Å². The third kappa shape index (κ3) is 8.34. The molecule has 0 saturated carbocycles. The van der Waals surface area contributed by atoms with Gasteiger partial charge >= 0.3 is 18.0 Å². The van der Waals surface area contributed by atoms with Crippen LogP contribution in [0.4, 0.5) is 4.79 Å². The van der Waals surface area contributed by atoms with Crippen molar-refractivity contribution in [2.75, 3.05) is 13.7 Å². The molecule has 0 bridgehead atoms. The fourth-order valence-electron chi connectivity index (χ4n) is 1.60. The predicted octanol–water partition coefficient (Wildman–Crippen LogP) is 1.13. The van der Waals surface area contributed by atoms with Crippen LogP contribution in [0.15, 0.2) is 0 Å². The van der Waals surface area contributed by atoms with Gasteiger partial charge < -0.3 is 20.5 Å². The predicted molar refractivity (Wildman–Crippen MR) is 73.3 cm³/mol. The van der Waals surface area contributed by atoms with Gasteiger partial charge in [-0.3, -0.25) is 4.79 Å². The largest absolute Gasteiger partial charge is 0.481 e. The van der Waals surface area contributed by atoms with Crippen LogP contribution < -0.4 is 10.6 Å². The summed E-state index contributed by atoms with van der Waals surface area (Å²) in [6.07, 6.45) is 2.17. The molecule has 0 aliphatic heterocycles. The maximum atomic E-state index is 11.6. The number of rotatable bonds is 9. The highest BCUT2D eigenvalue weighted by molar-refractivity contribution is 5.83. The van der Waals surface area contributed by atoms with E-state index in [1.165, 1.54) is 7.11 Å². The molecule has 0 aromatic heterocycles. The van der Waals surface area contributed by atoms with E-state index in [1.54, 1.807) is 0 Å². The van der Waals surface area contributed by atoms with E-state index in [1.807, 2.05) is 13.8 Å². The number of ether oxygens (including phenoxy) is 1. The Kier molecular flexibility index (Phi) is 9.15. The SMILES string of the molecule is COC(=O)C(NC(=O)NCCCCCC(=O)O)C(C)C. The Labute approximate surface area is 119 Å². The summed E-state index contributed by atoms with van der Waals surface area (Å²) in [5.74, 6) is -1.35. The standard InChI is InChI=1S/C13H24N2O5/c1-9(2)11(12(18)20-3)15-13(19)14-8-6-4-5-7-10(16)17/h9,11H,4-8H2,1-3H3,(H,16,17)(H2,14,15,19). The Hall–Kier alpha value is -1.79. The minimum absolute atomic E-state index is 0.0660. The number of unbranched alkanes of at least 4 members (excludes halogenated alkanes) is 2. The molecule has 0 aliphatic rings. The van der Waals surface area contributed by atoms with Gasteiger partial charge in [-0.1, -0.05) is 20.3 Å². The van der Waals surface area contributed by atoms with Gasteiger partial charge in [-0.25, -0.2) is 9.59 Å². The molecule has 7 heteroatoms. The minimum Gasteiger partial charge on any atom is -0.481 e. The smallest absolute Gasteiger partial charge is 0.328 e. The van der Waals surface area contributed by atoms with Crippen LogP contribution in [-0.4, -0.2) is 42.8 Å². The highest BCUT2D eigenvalue weighted by Gasteiger charge is 2.24. The maximum Gasteiger partial charge on any atom is 0.328 e. The number of carboxylic acids is 1. The van der Waals surface area contributed by atoms with E-state index >= 15 is 0 Å². The lowest BCUT2D eigenvalue weighted by Crippen LogP contribution is -2.49. The van der Waals surface area contributed by atoms with E-state index in [-0.39, 0.29) is 12.3 Å². The number of amides is 2. The Morgan fingerprint density at radius 2 is 1.80 bits per heavy atom. The topological polar surface area (TPSA) is 105 Å². The Morgan fingerprint density at radius 3 is 2.30 bits per heavy atom. The summed E-state index contributed by atoms with van der Waals surface area (Å²) in [7, 11) is 1.28. The third-order valence-corrected chi connectivity index (χ3v) is 2.76. The number of aliphatic carboxylic acids is 1. The summed E-state index contributed by atoms with van der Waals surface area (Å²) in [5.41, 5.74) is 0. The van der Waals surface area contributed by atoms with Crippen molar-refractivity contribution in [2.24, 2.45) is 5.92 Å². The van der Waals surface area contributed by atoms with Crippen molar-refractivity contribution in [1.82, 2.24) is 10.6 Å². The minimum atomic E-state index is -0.812. The molecule has 2 amide bonds. The van der Waals surface area contributed by atoms with Crippen LogP contribution in [0, 0.1) is 5.92 Å². The molecule has 0 saturated heterocycles. The van der Waals surface area contributed by atoms with Crippen LogP contribution in [0.1, 0.15) is 39.5 Å². The van der Waals surface area contributed by atoms with Gasteiger partial charge in [0.1, 0.15) is 6.04 Å². The van der Waals surface area contributed by atoms with Gasteiger partial charge in [-0.15, -0.1) is 0 Å². The summed E-state index contributed by atoms with van der Waals surface area (Å²) in [4.78, 5) is 33.3. The fraction of sp³-hybridized carbons (Fsp3) is 0.769. The van der Waals surface area contributed by atoms with Crippen molar-refractivity contribution >= 4 is 18.0 Å². The molecule has 20 heavy (non-hydrogen) atoms. The number of carboxylic acid groups (broad SMARTS) is 1. The van der Waals surface area contributed by atoms with Gasteiger partial charge in [0.25, 0.3) is 0 Å². The van der Waals surface area contributed by atoms with Gasteiger partial charge in [0.2, 0.25) is 0 Å². The second-order valence-electron chi connectivity index (χ2n) is 4.85. The first-order valence-corrected chi connectivity index (χ1v) is 6.72. The Bertz CT molecular complexity index is 331. The molecule has 0 fully saturated rings. The molecule has 0 heterocycles. The van der Waals surface area contributed by atoms with Gasteiger partial charge in [-0.2, -0.15) is 0 Å².